The molecule has 0 saturated carbocycles. The summed E-state index contributed by atoms with van der Waals surface area (Å²) < 4.78 is 16.1. The van der Waals surface area contributed by atoms with Crippen LogP contribution in [0.2, 0.25) is 5.02 Å². The quantitative estimate of drug-likeness (QED) is 0.280. The molecule has 0 bridgehead atoms. The molecule has 0 N–H and O–H groups in total. The Balaban J connectivity index is 1.39. The lowest BCUT2D eigenvalue weighted by Gasteiger charge is -2.06. The van der Waals surface area contributed by atoms with E-state index in [1.165, 1.54) is 11.8 Å². The highest BCUT2D eigenvalue weighted by atomic mass is 35.5. The van der Waals surface area contributed by atoms with Gasteiger partial charge in [-0.15, -0.1) is 0 Å². The Hall–Kier alpha value is -3.10. The van der Waals surface area contributed by atoms with Crippen molar-refractivity contribution in [3.63, 3.8) is 0 Å². The molecule has 0 aliphatic heterocycles. The lowest BCUT2D eigenvalue weighted by atomic mass is 10.2. The zero-order chi connectivity index (χ0) is 20.9. The second kappa shape index (κ2) is 9.15. The lowest BCUT2D eigenvalue weighted by molar-refractivity contribution is 0.0434. The molecule has 0 amide bonds. The first-order chi connectivity index (χ1) is 14.6. The van der Waals surface area contributed by atoms with E-state index in [1.807, 2.05) is 25.1 Å². The Morgan fingerprint density at radius 1 is 1.20 bits per heavy atom. The predicted octanol–water partition coefficient (Wildman–Crippen LogP) is 5.34. The number of hydrogen-bond donors (Lipinski definition) is 0. The number of halogens is 1. The first-order valence-electron chi connectivity index (χ1n) is 8.96. The molecule has 7 nitrogen and oxygen atoms in total. The molecular weight excluding hydrogens is 426 g/mol. The number of esters is 1. The Morgan fingerprint density at radius 2 is 2.03 bits per heavy atom. The number of benzene rings is 1. The molecule has 0 aliphatic carbocycles. The van der Waals surface area contributed by atoms with Gasteiger partial charge in [-0.05, 0) is 43.3 Å². The van der Waals surface area contributed by atoms with E-state index in [0.29, 0.717) is 33.0 Å². The maximum atomic E-state index is 12.6. The second-order valence-electron chi connectivity index (χ2n) is 6.27. The average Bonchev–Trinajstić information content (AvgIpc) is 3.40. The maximum absolute atomic E-state index is 12.6. The topological polar surface area (TPSA) is 91.2 Å². The van der Waals surface area contributed by atoms with Gasteiger partial charge in [-0.2, -0.15) is 0 Å². The zero-order valence-corrected chi connectivity index (χ0v) is 17.4. The van der Waals surface area contributed by atoms with Crippen molar-refractivity contribution in [1.29, 1.82) is 0 Å². The number of aromatic nitrogens is 3. The van der Waals surface area contributed by atoms with Crippen LogP contribution in [0.15, 0.2) is 68.8 Å². The van der Waals surface area contributed by atoms with E-state index >= 15 is 0 Å². The standard InChI is InChI=1S/C21H16ClN3O4S/c1-13-9-16(25-29-13)12-30-20-17(3-2-8-23-20)21(26)27-11-19-24-10-18(28-19)14-4-6-15(22)7-5-14/h2-10H,11-12H2,1H3. The maximum Gasteiger partial charge on any atom is 0.341 e. The first kappa shape index (κ1) is 20.2. The molecule has 3 aromatic heterocycles. The molecule has 9 heteroatoms. The summed E-state index contributed by atoms with van der Waals surface area (Å²) in [5, 5.41) is 5.13. The fourth-order valence-corrected chi connectivity index (χ4v) is 3.61. The van der Waals surface area contributed by atoms with Gasteiger partial charge in [0.25, 0.3) is 0 Å². The van der Waals surface area contributed by atoms with Crippen molar-refractivity contribution in [2.24, 2.45) is 0 Å². The van der Waals surface area contributed by atoms with Gasteiger partial charge < -0.3 is 13.7 Å². The number of rotatable bonds is 7. The van der Waals surface area contributed by atoms with Crippen LogP contribution in [0.5, 0.6) is 0 Å². The third-order valence-electron chi connectivity index (χ3n) is 4.03. The van der Waals surface area contributed by atoms with Crippen LogP contribution in [-0.2, 0) is 17.1 Å². The third kappa shape index (κ3) is 4.90. The number of carbonyl (C=O) groups excluding carboxylic acids is 1. The summed E-state index contributed by atoms with van der Waals surface area (Å²) in [6, 6.07) is 12.4. The highest BCUT2D eigenvalue weighted by Crippen LogP contribution is 2.26. The summed E-state index contributed by atoms with van der Waals surface area (Å²) in [4.78, 5) is 21.0. The molecule has 1 aromatic carbocycles. The molecule has 30 heavy (non-hydrogen) atoms. The Bertz CT molecular complexity index is 1160. The highest BCUT2D eigenvalue weighted by Gasteiger charge is 2.16. The normalized spacial score (nSPS) is 10.9. The number of ether oxygens (including phenoxy) is 1. The Morgan fingerprint density at radius 3 is 2.80 bits per heavy atom. The minimum Gasteiger partial charge on any atom is -0.452 e. The molecular formula is C21H16ClN3O4S. The third-order valence-corrected chi connectivity index (χ3v) is 5.32. The van der Waals surface area contributed by atoms with Crippen molar-refractivity contribution < 1.29 is 18.5 Å². The summed E-state index contributed by atoms with van der Waals surface area (Å²) >= 11 is 7.28. The van der Waals surface area contributed by atoms with Gasteiger partial charge >= 0.3 is 5.97 Å². The van der Waals surface area contributed by atoms with Crippen molar-refractivity contribution in [1.82, 2.24) is 15.1 Å². The summed E-state index contributed by atoms with van der Waals surface area (Å²) in [5.41, 5.74) is 1.97. The fraction of sp³-hybridized carbons (Fsp3) is 0.143. The summed E-state index contributed by atoms with van der Waals surface area (Å²) in [5.74, 6) is 1.62. The monoisotopic (exact) mass is 441 g/mol. The van der Waals surface area contributed by atoms with Crippen molar-refractivity contribution in [3.05, 3.63) is 82.8 Å². The number of oxazole rings is 1. The Kier molecular flexibility index (Phi) is 6.15. The lowest BCUT2D eigenvalue weighted by Crippen LogP contribution is -2.07. The number of nitrogens with zero attached hydrogens (tertiary/aromatic N) is 3. The van der Waals surface area contributed by atoms with Crippen LogP contribution in [0.3, 0.4) is 0 Å². The van der Waals surface area contributed by atoms with Gasteiger partial charge in [-0.1, -0.05) is 28.5 Å². The van der Waals surface area contributed by atoms with Crippen LogP contribution in [-0.4, -0.2) is 21.1 Å². The smallest absolute Gasteiger partial charge is 0.341 e. The molecule has 152 valence electrons. The van der Waals surface area contributed by atoms with E-state index in [0.717, 1.165) is 17.0 Å². The van der Waals surface area contributed by atoms with Gasteiger partial charge in [0.2, 0.25) is 5.89 Å². The summed E-state index contributed by atoms with van der Waals surface area (Å²) in [6.45, 7) is 1.74. The molecule has 0 spiro atoms. The van der Waals surface area contributed by atoms with Gasteiger partial charge in [0, 0.05) is 28.6 Å². The SMILES string of the molecule is Cc1cc(CSc2ncccc2C(=O)OCc2ncc(-c3ccc(Cl)cc3)o2)no1. The van der Waals surface area contributed by atoms with Crippen molar-refractivity contribution in [2.75, 3.05) is 0 Å². The molecule has 0 atom stereocenters. The minimum atomic E-state index is -0.506. The molecule has 3 heterocycles. The van der Waals surface area contributed by atoms with E-state index in [-0.39, 0.29) is 6.61 Å². The van der Waals surface area contributed by atoms with Crippen molar-refractivity contribution in [2.45, 2.75) is 24.3 Å². The summed E-state index contributed by atoms with van der Waals surface area (Å²) in [6.07, 6.45) is 3.21. The van der Waals surface area contributed by atoms with E-state index in [4.69, 9.17) is 25.3 Å². The second-order valence-corrected chi connectivity index (χ2v) is 7.68. The number of carbonyl (C=O) groups is 1. The predicted molar refractivity (Wildman–Crippen MR) is 111 cm³/mol. The van der Waals surface area contributed by atoms with Crippen LogP contribution in [0, 0.1) is 6.92 Å². The molecule has 0 saturated heterocycles. The van der Waals surface area contributed by atoms with E-state index < -0.39 is 5.97 Å². The first-order valence-corrected chi connectivity index (χ1v) is 10.3. The average molecular weight is 442 g/mol. The molecule has 0 unspecified atom stereocenters. The van der Waals surface area contributed by atoms with Gasteiger partial charge in [0.1, 0.15) is 10.8 Å². The zero-order valence-electron chi connectivity index (χ0n) is 15.9. The van der Waals surface area contributed by atoms with E-state index in [1.54, 1.807) is 36.7 Å². The van der Waals surface area contributed by atoms with Gasteiger partial charge in [-0.25, -0.2) is 14.8 Å². The number of aryl methyl sites for hydroxylation is 1. The van der Waals surface area contributed by atoms with Crippen molar-refractivity contribution in [3.8, 4) is 11.3 Å². The van der Waals surface area contributed by atoms with Crippen LogP contribution in [0.25, 0.3) is 11.3 Å². The molecule has 0 fully saturated rings. The molecule has 4 aromatic rings. The van der Waals surface area contributed by atoms with Crippen LogP contribution in [0.4, 0.5) is 0 Å². The van der Waals surface area contributed by atoms with Crippen LogP contribution < -0.4 is 0 Å². The van der Waals surface area contributed by atoms with E-state index in [2.05, 4.69) is 15.1 Å². The molecule has 0 aliphatic rings. The van der Waals surface area contributed by atoms with Gasteiger partial charge in [0.15, 0.2) is 12.4 Å². The van der Waals surface area contributed by atoms with E-state index in [9.17, 15) is 4.79 Å². The largest absolute Gasteiger partial charge is 0.452 e. The number of thioether (sulfide) groups is 1. The fourth-order valence-electron chi connectivity index (χ4n) is 2.62. The van der Waals surface area contributed by atoms with Crippen LogP contribution in [0.1, 0.15) is 27.7 Å². The number of pyridine rings is 1. The molecule has 0 radical (unpaired) electrons. The highest BCUT2D eigenvalue weighted by molar-refractivity contribution is 7.98. The van der Waals surface area contributed by atoms with Crippen LogP contribution >= 0.6 is 23.4 Å². The van der Waals surface area contributed by atoms with Gasteiger partial charge in [0.05, 0.1) is 17.5 Å². The summed E-state index contributed by atoms with van der Waals surface area (Å²) in [7, 11) is 0. The molecule has 4 rings (SSSR count). The minimum absolute atomic E-state index is 0.0894. The van der Waals surface area contributed by atoms with Gasteiger partial charge in [-0.3, -0.25) is 0 Å². The number of hydrogen-bond acceptors (Lipinski definition) is 8. The Labute approximate surface area is 181 Å². The van der Waals surface area contributed by atoms with Crippen molar-refractivity contribution >= 4 is 29.3 Å².